The van der Waals surface area contributed by atoms with Crippen molar-refractivity contribution in [3.63, 3.8) is 0 Å². The summed E-state index contributed by atoms with van der Waals surface area (Å²) in [6, 6.07) is 0. The summed E-state index contributed by atoms with van der Waals surface area (Å²) in [7, 11) is -6.34. The Bertz CT molecular complexity index is 276. The molecule has 18 heavy (non-hydrogen) atoms. The van der Waals surface area contributed by atoms with Crippen LogP contribution >= 0.6 is 0 Å². The average Bonchev–Trinajstić information content (AvgIpc) is 2.11. The van der Waals surface area contributed by atoms with Crippen LogP contribution in [0.2, 0.25) is 52.4 Å². The Morgan fingerprint density at radius 3 is 1.83 bits per heavy atom. The fourth-order valence-corrected chi connectivity index (χ4v) is 14.9. The fourth-order valence-electron chi connectivity index (χ4n) is 1.61. The van der Waals surface area contributed by atoms with Crippen molar-refractivity contribution >= 4 is 34.2 Å². The maximum Gasteiger partial charge on any atom is 0.340 e. The van der Waals surface area contributed by atoms with Crippen LogP contribution < -0.4 is 0 Å². The summed E-state index contributed by atoms with van der Waals surface area (Å²) in [5, 5.41) is 0. The van der Waals surface area contributed by atoms with E-state index in [-0.39, 0.29) is 0 Å². The van der Waals surface area contributed by atoms with Gasteiger partial charge in [0.2, 0.25) is 9.04 Å². The van der Waals surface area contributed by atoms with Crippen LogP contribution in [0.25, 0.3) is 0 Å². The largest absolute Gasteiger partial charge is 0.434 e. The zero-order chi connectivity index (χ0) is 14.6. The molecule has 7 heteroatoms. The van der Waals surface area contributed by atoms with Crippen molar-refractivity contribution in [2.45, 2.75) is 52.4 Å². The van der Waals surface area contributed by atoms with Gasteiger partial charge in [-0.05, 0) is 52.4 Å². The van der Waals surface area contributed by atoms with E-state index in [1.807, 2.05) is 5.70 Å². The van der Waals surface area contributed by atoms with E-state index in [0.717, 1.165) is 6.23 Å². The quantitative estimate of drug-likeness (QED) is 0.639. The van der Waals surface area contributed by atoms with E-state index in [1.165, 1.54) is 0 Å². The first-order valence-electron chi connectivity index (χ1n) is 6.36. The third-order valence-electron chi connectivity index (χ3n) is 2.07. The maximum absolute atomic E-state index is 6.36. The van der Waals surface area contributed by atoms with Gasteiger partial charge in [-0.3, -0.25) is 0 Å². The Labute approximate surface area is 118 Å². The molecular weight excluding hydrogens is 292 g/mol. The average molecular weight is 322 g/mol. The van der Waals surface area contributed by atoms with Gasteiger partial charge in [-0.2, -0.15) is 0 Å². The second-order valence-corrected chi connectivity index (χ2v) is 20.7. The van der Waals surface area contributed by atoms with Crippen molar-refractivity contribution in [3.8, 4) is 0 Å². The van der Waals surface area contributed by atoms with Gasteiger partial charge in [0.1, 0.15) is 0 Å². The van der Waals surface area contributed by atoms with Crippen LogP contribution in [0, 0.1) is 0 Å². The van der Waals surface area contributed by atoms with E-state index >= 15 is 0 Å². The van der Waals surface area contributed by atoms with Gasteiger partial charge < -0.3 is 12.7 Å². The lowest BCUT2D eigenvalue weighted by Gasteiger charge is -2.37. The van der Waals surface area contributed by atoms with Crippen molar-refractivity contribution in [2.24, 2.45) is 0 Å². The molecule has 0 bridgehead atoms. The number of hydrogen-bond acceptors (Lipinski definition) is 3. The van der Waals surface area contributed by atoms with Crippen molar-refractivity contribution in [2.75, 3.05) is 6.23 Å². The molecule has 0 rings (SSSR count). The summed E-state index contributed by atoms with van der Waals surface area (Å²) < 4.78 is 18.4. The van der Waals surface area contributed by atoms with Gasteiger partial charge in [0, 0.05) is 0 Å². The van der Waals surface area contributed by atoms with Crippen molar-refractivity contribution in [1.29, 1.82) is 0 Å². The minimum Gasteiger partial charge on any atom is -0.434 e. The van der Waals surface area contributed by atoms with Gasteiger partial charge in [0.15, 0.2) is 16.6 Å². The van der Waals surface area contributed by atoms with Crippen LogP contribution in [0.3, 0.4) is 0 Å². The second-order valence-electron chi connectivity index (χ2n) is 6.49. The van der Waals surface area contributed by atoms with Crippen LogP contribution in [0.4, 0.5) is 0 Å². The molecule has 0 aliphatic heterocycles. The highest BCUT2D eigenvalue weighted by Gasteiger charge is 2.39. The molecule has 0 aliphatic carbocycles. The first-order valence-corrected chi connectivity index (χ1v) is 17.7. The summed E-state index contributed by atoms with van der Waals surface area (Å²) in [5.41, 5.74) is 1.91. The van der Waals surface area contributed by atoms with Crippen molar-refractivity contribution < 1.29 is 12.7 Å². The zero-order valence-corrected chi connectivity index (χ0v) is 17.2. The SMILES string of the molecule is C=C[Si](C)(O[Si](C)(C)C)O[Si](C)(C)CO[Si](C)C. The molecule has 0 fully saturated rings. The fraction of sp³-hybridized carbons (Fsp3) is 0.818. The lowest BCUT2D eigenvalue weighted by molar-refractivity contribution is 0.338. The molecule has 0 saturated heterocycles. The monoisotopic (exact) mass is 321 g/mol. The van der Waals surface area contributed by atoms with E-state index in [0.29, 0.717) is 0 Å². The zero-order valence-electron chi connectivity index (χ0n) is 13.2. The molecule has 1 atom stereocenters. The highest BCUT2D eigenvalue weighted by Crippen LogP contribution is 2.21. The highest BCUT2D eigenvalue weighted by molar-refractivity contribution is 6.90. The summed E-state index contributed by atoms with van der Waals surface area (Å²) >= 11 is 0. The van der Waals surface area contributed by atoms with Gasteiger partial charge in [0.05, 0.1) is 6.23 Å². The van der Waals surface area contributed by atoms with Crippen LogP contribution in [-0.2, 0) is 12.7 Å². The van der Waals surface area contributed by atoms with Gasteiger partial charge in [-0.15, -0.1) is 6.58 Å². The molecule has 0 aromatic heterocycles. The second kappa shape index (κ2) is 6.78. The molecule has 0 spiro atoms. The third kappa shape index (κ3) is 8.57. The van der Waals surface area contributed by atoms with Crippen LogP contribution in [-0.4, -0.2) is 40.5 Å². The smallest absolute Gasteiger partial charge is 0.340 e. The molecule has 0 N–H and O–H groups in total. The van der Waals surface area contributed by atoms with Crippen molar-refractivity contribution in [1.82, 2.24) is 0 Å². The minimum absolute atomic E-state index is 0.651. The predicted octanol–water partition coefficient (Wildman–Crippen LogP) is 3.66. The van der Waals surface area contributed by atoms with Gasteiger partial charge in [0.25, 0.3) is 0 Å². The van der Waals surface area contributed by atoms with E-state index in [4.69, 9.17) is 12.7 Å². The Morgan fingerprint density at radius 2 is 1.50 bits per heavy atom. The Balaban J connectivity index is 4.64. The molecule has 107 valence electrons. The molecule has 0 amide bonds. The van der Waals surface area contributed by atoms with Gasteiger partial charge >= 0.3 is 8.56 Å². The Kier molecular flexibility index (Phi) is 6.96. The molecule has 0 aromatic carbocycles. The van der Waals surface area contributed by atoms with E-state index in [1.54, 1.807) is 0 Å². The van der Waals surface area contributed by atoms with E-state index < -0.39 is 34.2 Å². The molecule has 3 nitrogen and oxygen atoms in total. The Morgan fingerprint density at radius 1 is 1.00 bits per heavy atom. The van der Waals surface area contributed by atoms with E-state index in [2.05, 4.69) is 59.0 Å². The van der Waals surface area contributed by atoms with Crippen LogP contribution in [0.1, 0.15) is 0 Å². The lowest BCUT2D eigenvalue weighted by atomic mass is 11.3. The molecule has 0 aliphatic rings. The topological polar surface area (TPSA) is 27.7 Å². The third-order valence-corrected chi connectivity index (χ3v) is 12.6. The summed E-state index contributed by atoms with van der Waals surface area (Å²) in [6.45, 7) is 21.3. The highest BCUT2D eigenvalue weighted by atomic mass is 28.5. The molecule has 1 radical (unpaired) electrons. The minimum atomic E-state index is -2.25. The molecule has 1 unspecified atom stereocenters. The molecule has 0 heterocycles. The maximum atomic E-state index is 6.36. The molecular formula is C11H29O3Si4. The Hall–Kier alpha value is 0.488. The summed E-state index contributed by atoms with van der Waals surface area (Å²) in [4.78, 5) is 0. The van der Waals surface area contributed by atoms with Gasteiger partial charge in [-0.25, -0.2) is 0 Å². The van der Waals surface area contributed by atoms with Crippen LogP contribution in [0.5, 0.6) is 0 Å². The normalized spacial score (nSPS) is 16.7. The van der Waals surface area contributed by atoms with Crippen molar-refractivity contribution in [3.05, 3.63) is 12.3 Å². The predicted molar refractivity (Wildman–Crippen MR) is 88.2 cm³/mol. The van der Waals surface area contributed by atoms with Gasteiger partial charge in [-0.1, -0.05) is 5.70 Å². The molecule has 0 saturated carbocycles. The first kappa shape index (κ1) is 18.5. The first-order chi connectivity index (χ1) is 7.89. The van der Waals surface area contributed by atoms with E-state index in [9.17, 15) is 0 Å². The van der Waals surface area contributed by atoms with Crippen LogP contribution in [0.15, 0.2) is 12.3 Å². The lowest BCUT2D eigenvalue weighted by Crippen LogP contribution is -2.54. The number of hydrogen-bond donors (Lipinski definition) is 0. The summed E-state index contributed by atoms with van der Waals surface area (Å²) in [5.74, 6) is 0. The standard InChI is InChI=1S/C11H29O3Si4/c1-10-18(9,13-16(4,5)6)14-17(7,8)11-12-15(2)3/h10H,1,11H2,2-9H3. The number of rotatable bonds is 8. The molecule has 0 aromatic rings. The summed E-state index contributed by atoms with van der Waals surface area (Å²) in [6.07, 6.45) is 0.750.